The normalized spacial score (nSPS) is 10.8. The van der Waals surface area contributed by atoms with Crippen LogP contribution in [-0.2, 0) is 6.42 Å². The zero-order valence-corrected chi connectivity index (χ0v) is 9.88. The third kappa shape index (κ3) is 2.58. The molecular weight excluding hydrogens is 216 g/mol. The Kier molecular flexibility index (Phi) is 3.32. The van der Waals surface area contributed by atoms with E-state index in [9.17, 15) is 4.79 Å². The van der Waals surface area contributed by atoms with E-state index in [1.807, 2.05) is 12.1 Å². The van der Waals surface area contributed by atoms with Gasteiger partial charge in [-0.05, 0) is 18.1 Å². The number of aromatic nitrogens is 2. The summed E-state index contributed by atoms with van der Waals surface area (Å²) in [4.78, 5) is 19.2. The molecule has 88 valence electrons. The van der Waals surface area contributed by atoms with E-state index in [1.54, 1.807) is 12.3 Å². The highest BCUT2D eigenvalue weighted by Gasteiger charge is 2.15. The maximum absolute atomic E-state index is 10.9. The molecule has 0 aliphatic rings. The third-order valence-electron chi connectivity index (χ3n) is 2.32. The lowest BCUT2D eigenvalue weighted by molar-refractivity contribution is 0.111. The van der Waals surface area contributed by atoms with Crippen LogP contribution in [0.15, 0.2) is 28.8 Å². The number of aldehydes is 1. The predicted octanol–water partition coefficient (Wildman–Crippen LogP) is 2.75. The molecule has 4 nitrogen and oxygen atoms in total. The van der Waals surface area contributed by atoms with Crippen molar-refractivity contribution >= 4 is 6.29 Å². The number of hydrogen-bond donors (Lipinski definition) is 0. The van der Waals surface area contributed by atoms with Gasteiger partial charge in [0.15, 0.2) is 6.29 Å². The molecule has 0 saturated carbocycles. The van der Waals surface area contributed by atoms with Gasteiger partial charge in [-0.3, -0.25) is 9.78 Å². The molecule has 0 amide bonds. The van der Waals surface area contributed by atoms with Gasteiger partial charge in [-0.25, -0.2) is 4.98 Å². The van der Waals surface area contributed by atoms with Gasteiger partial charge in [-0.1, -0.05) is 19.9 Å². The molecule has 0 saturated heterocycles. The second kappa shape index (κ2) is 4.91. The van der Waals surface area contributed by atoms with Gasteiger partial charge < -0.3 is 4.42 Å². The van der Waals surface area contributed by atoms with Crippen molar-refractivity contribution in [2.45, 2.75) is 20.3 Å². The Morgan fingerprint density at radius 1 is 1.41 bits per heavy atom. The summed E-state index contributed by atoms with van der Waals surface area (Å²) < 4.78 is 5.60. The van der Waals surface area contributed by atoms with Crippen molar-refractivity contribution in [1.82, 2.24) is 9.97 Å². The average molecular weight is 230 g/mol. The van der Waals surface area contributed by atoms with E-state index in [0.29, 0.717) is 35.4 Å². The van der Waals surface area contributed by atoms with Crippen molar-refractivity contribution in [1.29, 1.82) is 0 Å². The lowest BCUT2D eigenvalue weighted by Gasteiger charge is -1.99. The van der Waals surface area contributed by atoms with Crippen LogP contribution in [0.2, 0.25) is 0 Å². The topological polar surface area (TPSA) is 56.0 Å². The molecule has 0 unspecified atom stereocenters. The molecule has 0 radical (unpaired) electrons. The van der Waals surface area contributed by atoms with Crippen LogP contribution in [0.5, 0.6) is 0 Å². The fourth-order valence-electron chi connectivity index (χ4n) is 1.57. The first kappa shape index (κ1) is 11.5. The molecule has 0 bridgehead atoms. The molecule has 2 aromatic heterocycles. The fraction of sp³-hybridized carbons (Fsp3) is 0.308. The summed E-state index contributed by atoms with van der Waals surface area (Å²) in [6.45, 7) is 4.13. The Balaban J connectivity index is 2.37. The van der Waals surface area contributed by atoms with Crippen molar-refractivity contribution in [2.24, 2.45) is 5.92 Å². The largest absolute Gasteiger partial charge is 0.439 e. The van der Waals surface area contributed by atoms with Gasteiger partial charge in [0, 0.05) is 12.6 Å². The van der Waals surface area contributed by atoms with Crippen molar-refractivity contribution in [3.63, 3.8) is 0 Å². The Morgan fingerprint density at radius 2 is 2.24 bits per heavy atom. The molecular formula is C13H14N2O2. The highest BCUT2D eigenvalue weighted by molar-refractivity contribution is 5.74. The highest BCUT2D eigenvalue weighted by Crippen LogP contribution is 2.21. The van der Waals surface area contributed by atoms with E-state index in [1.165, 1.54) is 0 Å². The van der Waals surface area contributed by atoms with Crippen molar-refractivity contribution in [2.75, 3.05) is 0 Å². The van der Waals surface area contributed by atoms with Crippen molar-refractivity contribution in [3.8, 4) is 11.6 Å². The zero-order valence-electron chi connectivity index (χ0n) is 9.88. The number of pyridine rings is 1. The SMILES string of the molecule is CC(C)Cc1oc(-c2ccccn2)nc1C=O. The second-order valence-corrected chi connectivity index (χ2v) is 4.26. The Bertz CT molecular complexity index is 503. The van der Waals surface area contributed by atoms with Crippen LogP contribution in [0.1, 0.15) is 30.1 Å². The average Bonchev–Trinajstić information content (AvgIpc) is 2.72. The highest BCUT2D eigenvalue weighted by atomic mass is 16.4. The summed E-state index contributed by atoms with van der Waals surface area (Å²) in [7, 11) is 0. The molecule has 17 heavy (non-hydrogen) atoms. The standard InChI is InChI=1S/C13H14N2O2/c1-9(2)7-12-11(8-16)15-13(17-12)10-5-3-4-6-14-10/h3-6,8-9H,7H2,1-2H3. The summed E-state index contributed by atoms with van der Waals surface area (Å²) in [5, 5.41) is 0. The summed E-state index contributed by atoms with van der Waals surface area (Å²) in [6.07, 6.45) is 3.10. The second-order valence-electron chi connectivity index (χ2n) is 4.26. The minimum Gasteiger partial charge on any atom is -0.439 e. The van der Waals surface area contributed by atoms with Crippen LogP contribution in [0.3, 0.4) is 0 Å². The first-order valence-electron chi connectivity index (χ1n) is 5.57. The van der Waals surface area contributed by atoms with E-state index >= 15 is 0 Å². The number of nitrogens with zero attached hydrogens (tertiary/aromatic N) is 2. The Morgan fingerprint density at radius 3 is 2.82 bits per heavy atom. The molecule has 0 aliphatic carbocycles. The molecule has 0 atom stereocenters. The molecule has 2 rings (SSSR count). The molecule has 4 heteroatoms. The van der Waals surface area contributed by atoms with Gasteiger partial charge in [0.05, 0.1) is 0 Å². The zero-order chi connectivity index (χ0) is 12.3. The van der Waals surface area contributed by atoms with Gasteiger partial charge in [-0.15, -0.1) is 0 Å². The molecule has 2 heterocycles. The van der Waals surface area contributed by atoms with Crippen LogP contribution in [0.25, 0.3) is 11.6 Å². The molecule has 2 aromatic rings. The summed E-state index contributed by atoms with van der Waals surface area (Å²) in [6, 6.07) is 5.48. The van der Waals surface area contributed by atoms with Gasteiger partial charge in [0.2, 0.25) is 5.89 Å². The number of rotatable bonds is 4. The smallest absolute Gasteiger partial charge is 0.245 e. The molecule has 0 aliphatic heterocycles. The summed E-state index contributed by atoms with van der Waals surface area (Å²) in [5.41, 5.74) is 1.02. The summed E-state index contributed by atoms with van der Waals surface area (Å²) >= 11 is 0. The summed E-state index contributed by atoms with van der Waals surface area (Å²) in [5.74, 6) is 1.46. The van der Waals surface area contributed by atoms with Crippen LogP contribution in [0, 0.1) is 5.92 Å². The molecule has 0 fully saturated rings. The predicted molar refractivity (Wildman–Crippen MR) is 63.7 cm³/mol. The number of oxazole rings is 1. The van der Waals surface area contributed by atoms with Crippen LogP contribution in [0.4, 0.5) is 0 Å². The first-order chi connectivity index (χ1) is 8.20. The van der Waals surface area contributed by atoms with Crippen LogP contribution < -0.4 is 0 Å². The van der Waals surface area contributed by atoms with E-state index < -0.39 is 0 Å². The molecule has 0 N–H and O–H groups in total. The van der Waals surface area contributed by atoms with Crippen LogP contribution >= 0.6 is 0 Å². The number of carbonyl (C=O) groups is 1. The maximum atomic E-state index is 10.9. The van der Waals surface area contributed by atoms with Gasteiger partial charge in [-0.2, -0.15) is 0 Å². The fourth-order valence-corrected chi connectivity index (χ4v) is 1.57. The Labute approximate surface area is 99.7 Å². The minimum absolute atomic E-state index is 0.374. The van der Waals surface area contributed by atoms with Gasteiger partial charge >= 0.3 is 0 Å². The van der Waals surface area contributed by atoms with E-state index in [2.05, 4.69) is 23.8 Å². The number of hydrogen-bond acceptors (Lipinski definition) is 4. The van der Waals surface area contributed by atoms with E-state index in [-0.39, 0.29) is 0 Å². The minimum atomic E-state index is 0.374. The number of carbonyl (C=O) groups excluding carboxylic acids is 1. The van der Waals surface area contributed by atoms with Gasteiger partial charge in [0.1, 0.15) is 17.1 Å². The molecule has 0 aromatic carbocycles. The van der Waals surface area contributed by atoms with E-state index in [4.69, 9.17) is 4.42 Å². The quantitative estimate of drug-likeness (QED) is 0.758. The monoisotopic (exact) mass is 230 g/mol. The van der Waals surface area contributed by atoms with E-state index in [0.717, 1.165) is 6.29 Å². The van der Waals surface area contributed by atoms with Gasteiger partial charge in [0.25, 0.3) is 0 Å². The third-order valence-corrected chi connectivity index (χ3v) is 2.32. The lowest BCUT2D eigenvalue weighted by Crippen LogP contribution is -1.96. The lowest BCUT2D eigenvalue weighted by atomic mass is 10.1. The van der Waals surface area contributed by atoms with Crippen molar-refractivity contribution < 1.29 is 9.21 Å². The maximum Gasteiger partial charge on any atom is 0.245 e. The first-order valence-corrected chi connectivity index (χ1v) is 5.57. The Hall–Kier alpha value is -1.97. The van der Waals surface area contributed by atoms with Crippen LogP contribution in [-0.4, -0.2) is 16.3 Å². The molecule has 0 spiro atoms. The van der Waals surface area contributed by atoms with Crippen molar-refractivity contribution in [3.05, 3.63) is 35.9 Å².